The number of rotatable bonds is 17. The number of carbonyl (C=O) groups is 3. The van der Waals surface area contributed by atoms with E-state index in [1.165, 1.54) is 0 Å². The van der Waals surface area contributed by atoms with Gasteiger partial charge in [-0.2, -0.15) is 0 Å². The van der Waals surface area contributed by atoms with Crippen molar-refractivity contribution in [2.75, 3.05) is 0 Å². The van der Waals surface area contributed by atoms with Gasteiger partial charge in [0.2, 0.25) is 0 Å². The number of carbonyl (C=O) groups excluding carboxylic acids is 3. The van der Waals surface area contributed by atoms with Crippen molar-refractivity contribution >= 4 is 17.9 Å². The Balaban J connectivity index is 1.64. The SMILES string of the molecule is CC(C)(C)OC(=O)C(C)(CCCCCCCCCCC(=O)OCc1ccccc1)C(=O)OCc1ccccc1. The first-order valence-corrected chi connectivity index (χ1v) is 14.2. The largest absolute Gasteiger partial charge is 0.461 e. The Morgan fingerprint density at radius 3 is 1.56 bits per heavy atom. The average Bonchev–Trinajstić information content (AvgIpc) is 2.91. The minimum atomic E-state index is -1.34. The van der Waals surface area contributed by atoms with E-state index in [1.54, 1.807) is 27.7 Å². The first kappa shape index (κ1) is 32.1. The molecule has 0 fully saturated rings. The van der Waals surface area contributed by atoms with Crippen LogP contribution in [0.25, 0.3) is 0 Å². The molecule has 0 radical (unpaired) electrons. The summed E-state index contributed by atoms with van der Waals surface area (Å²) in [6.07, 6.45) is 8.64. The summed E-state index contributed by atoms with van der Waals surface area (Å²) >= 11 is 0. The summed E-state index contributed by atoms with van der Waals surface area (Å²) in [4.78, 5) is 37.9. The topological polar surface area (TPSA) is 78.9 Å². The number of benzene rings is 2. The molecule has 0 saturated heterocycles. The summed E-state index contributed by atoms with van der Waals surface area (Å²) in [6.45, 7) is 7.50. The van der Waals surface area contributed by atoms with Crippen LogP contribution in [0.15, 0.2) is 60.7 Å². The standard InChI is InChI=1S/C33H46O6/c1-32(2,3)39-31(36)33(4,30(35)38-26-28-21-15-12-16-22-28)24-18-10-8-6-5-7-9-17-23-29(34)37-25-27-19-13-11-14-20-27/h11-16,19-22H,5-10,17-18,23-26H2,1-4H3. The van der Waals surface area contributed by atoms with Gasteiger partial charge in [-0.3, -0.25) is 14.4 Å². The molecule has 6 nitrogen and oxygen atoms in total. The maximum Gasteiger partial charge on any atom is 0.323 e. The van der Waals surface area contributed by atoms with Crippen LogP contribution in [0.4, 0.5) is 0 Å². The van der Waals surface area contributed by atoms with Crippen molar-refractivity contribution in [2.24, 2.45) is 5.41 Å². The molecule has 1 atom stereocenters. The highest BCUT2D eigenvalue weighted by molar-refractivity contribution is 5.99. The van der Waals surface area contributed by atoms with Crippen LogP contribution in [0.3, 0.4) is 0 Å². The van der Waals surface area contributed by atoms with Crippen LogP contribution in [-0.2, 0) is 41.8 Å². The van der Waals surface area contributed by atoms with Crippen molar-refractivity contribution in [3.05, 3.63) is 71.8 Å². The van der Waals surface area contributed by atoms with Gasteiger partial charge in [0.25, 0.3) is 0 Å². The zero-order valence-corrected chi connectivity index (χ0v) is 24.2. The van der Waals surface area contributed by atoms with Crippen LogP contribution in [-0.4, -0.2) is 23.5 Å². The highest BCUT2D eigenvalue weighted by Gasteiger charge is 2.45. The normalized spacial score (nSPS) is 12.8. The monoisotopic (exact) mass is 538 g/mol. The molecule has 2 aromatic carbocycles. The third-order valence-corrected chi connectivity index (χ3v) is 6.56. The van der Waals surface area contributed by atoms with Crippen LogP contribution >= 0.6 is 0 Å². The summed E-state index contributed by atoms with van der Waals surface area (Å²) in [5, 5.41) is 0. The first-order valence-electron chi connectivity index (χ1n) is 14.2. The molecule has 39 heavy (non-hydrogen) atoms. The summed E-state index contributed by atoms with van der Waals surface area (Å²) in [7, 11) is 0. The smallest absolute Gasteiger partial charge is 0.323 e. The third-order valence-electron chi connectivity index (χ3n) is 6.56. The maximum absolute atomic E-state index is 13.0. The fourth-order valence-corrected chi connectivity index (χ4v) is 4.18. The summed E-state index contributed by atoms with van der Waals surface area (Å²) in [5.41, 5.74) is -0.142. The maximum atomic E-state index is 13.0. The van der Waals surface area contributed by atoms with Gasteiger partial charge in [0.05, 0.1) is 0 Å². The lowest BCUT2D eigenvalue weighted by atomic mass is 9.84. The molecule has 6 heteroatoms. The summed E-state index contributed by atoms with van der Waals surface area (Å²) < 4.78 is 16.5. The fraction of sp³-hybridized carbons (Fsp3) is 0.545. The Labute approximate surface area is 234 Å². The van der Waals surface area contributed by atoms with Gasteiger partial charge in [-0.15, -0.1) is 0 Å². The molecule has 0 amide bonds. The van der Waals surface area contributed by atoms with Gasteiger partial charge in [0, 0.05) is 6.42 Å². The van der Waals surface area contributed by atoms with Crippen molar-refractivity contribution in [2.45, 2.75) is 111 Å². The van der Waals surface area contributed by atoms with Crippen molar-refractivity contribution in [1.29, 1.82) is 0 Å². The molecule has 0 N–H and O–H groups in total. The molecule has 0 bridgehead atoms. The first-order chi connectivity index (χ1) is 18.6. The quantitative estimate of drug-likeness (QED) is 0.0888. The highest BCUT2D eigenvalue weighted by Crippen LogP contribution is 2.31. The average molecular weight is 539 g/mol. The van der Waals surface area contributed by atoms with Gasteiger partial charge in [-0.05, 0) is 51.7 Å². The lowest BCUT2D eigenvalue weighted by molar-refractivity contribution is -0.179. The van der Waals surface area contributed by atoms with E-state index in [9.17, 15) is 14.4 Å². The lowest BCUT2D eigenvalue weighted by Gasteiger charge is -2.30. The summed E-state index contributed by atoms with van der Waals surface area (Å²) in [6, 6.07) is 19.1. The molecule has 0 heterocycles. The predicted molar refractivity (Wildman–Crippen MR) is 153 cm³/mol. The van der Waals surface area contributed by atoms with E-state index in [1.807, 2.05) is 60.7 Å². The Bertz CT molecular complexity index is 996. The van der Waals surface area contributed by atoms with Gasteiger partial charge < -0.3 is 14.2 Å². The lowest BCUT2D eigenvalue weighted by Crippen LogP contribution is -2.42. The molecule has 1 unspecified atom stereocenters. The van der Waals surface area contributed by atoms with Crippen LogP contribution in [0.2, 0.25) is 0 Å². The molecular formula is C33H46O6. The number of hydrogen-bond acceptors (Lipinski definition) is 6. The molecule has 0 saturated carbocycles. The second-order valence-corrected chi connectivity index (χ2v) is 11.4. The van der Waals surface area contributed by atoms with E-state index < -0.39 is 23.0 Å². The van der Waals surface area contributed by atoms with Crippen molar-refractivity contribution in [3.8, 4) is 0 Å². The zero-order valence-electron chi connectivity index (χ0n) is 24.2. The van der Waals surface area contributed by atoms with E-state index in [4.69, 9.17) is 14.2 Å². The molecule has 0 aliphatic rings. The number of unbranched alkanes of at least 4 members (excludes halogenated alkanes) is 7. The molecule has 2 aromatic rings. The van der Waals surface area contributed by atoms with E-state index in [2.05, 4.69) is 0 Å². The Morgan fingerprint density at radius 1 is 0.590 bits per heavy atom. The molecule has 0 aliphatic carbocycles. The second kappa shape index (κ2) is 16.7. The second-order valence-electron chi connectivity index (χ2n) is 11.4. The van der Waals surface area contributed by atoms with Crippen LogP contribution < -0.4 is 0 Å². The Morgan fingerprint density at radius 2 is 1.05 bits per heavy atom. The van der Waals surface area contributed by atoms with Crippen molar-refractivity contribution < 1.29 is 28.6 Å². The van der Waals surface area contributed by atoms with Gasteiger partial charge in [0.15, 0.2) is 5.41 Å². The third kappa shape index (κ3) is 13.0. The summed E-state index contributed by atoms with van der Waals surface area (Å²) in [5.74, 6) is -1.22. The van der Waals surface area contributed by atoms with Crippen molar-refractivity contribution in [1.82, 2.24) is 0 Å². The van der Waals surface area contributed by atoms with E-state index in [0.717, 1.165) is 62.5 Å². The molecular weight excluding hydrogens is 492 g/mol. The van der Waals surface area contributed by atoms with Crippen LogP contribution in [0.5, 0.6) is 0 Å². The zero-order chi connectivity index (χ0) is 28.6. The Hall–Kier alpha value is -3.15. The number of ether oxygens (including phenoxy) is 3. The molecule has 0 spiro atoms. The minimum Gasteiger partial charge on any atom is -0.461 e. The molecule has 2 rings (SSSR count). The van der Waals surface area contributed by atoms with Gasteiger partial charge >= 0.3 is 17.9 Å². The molecule has 0 aromatic heterocycles. The number of esters is 3. The van der Waals surface area contributed by atoms with E-state index >= 15 is 0 Å². The Kier molecular flexibility index (Phi) is 13.8. The number of hydrogen-bond donors (Lipinski definition) is 0. The fourth-order valence-electron chi connectivity index (χ4n) is 4.18. The van der Waals surface area contributed by atoms with E-state index in [-0.39, 0.29) is 12.6 Å². The molecule has 0 aliphatic heterocycles. The van der Waals surface area contributed by atoms with Crippen molar-refractivity contribution in [3.63, 3.8) is 0 Å². The van der Waals surface area contributed by atoms with Gasteiger partial charge in [0.1, 0.15) is 18.8 Å². The minimum absolute atomic E-state index is 0.128. The van der Waals surface area contributed by atoms with E-state index in [0.29, 0.717) is 19.4 Å². The van der Waals surface area contributed by atoms with Gasteiger partial charge in [-0.1, -0.05) is 106 Å². The van der Waals surface area contributed by atoms with Crippen LogP contribution in [0, 0.1) is 5.41 Å². The molecule has 214 valence electrons. The predicted octanol–water partition coefficient (Wildman–Crippen LogP) is 7.72. The van der Waals surface area contributed by atoms with Crippen LogP contribution in [0.1, 0.15) is 103 Å². The highest BCUT2D eigenvalue weighted by atomic mass is 16.6. The van der Waals surface area contributed by atoms with Gasteiger partial charge in [-0.25, -0.2) is 0 Å².